The fraction of sp³-hybridized carbons (Fsp3) is 0.0833. The van der Waals surface area contributed by atoms with E-state index in [1.54, 1.807) is 24.4 Å². The lowest BCUT2D eigenvalue weighted by Crippen LogP contribution is -2.15. The summed E-state index contributed by atoms with van der Waals surface area (Å²) in [6.07, 6.45) is 3.26. The van der Waals surface area contributed by atoms with Gasteiger partial charge in [-0.15, -0.1) is 0 Å². The van der Waals surface area contributed by atoms with Gasteiger partial charge in [-0.05, 0) is 23.8 Å². The number of anilines is 2. The van der Waals surface area contributed by atoms with Gasteiger partial charge in [0, 0.05) is 11.9 Å². The Morgan fingerprint density at radius 2 is 2.00 bits per heavy atom. The molecule has 0 aliphatic carbocycles. The van der Waals surface area contributed by atoms with E-state index in [2.05, 4.69) is 15.3 Å². The molecule has 5 nitrogen and oxygen atoms in total. The summed E-state index contributed by atoms with van der Waals surface area (Å²) in [5.74, 6) is 0.383. The van der Waals surface area contributed by atoms with Crippen LogP contribution in [0.3, 0.4) is 0 Å². The maximum absolute atomic E-state index is 11.7. The first-order chi connectivity index (χ1) is 8.24. The van der Waals surface area contributed by atoms with Crippen LogP contribution in [0.25, 0.3) is 0 Å². The van der Waals surface area contributed by atoms with E-state index in [1.165, 1.54) is 6.33 Å². The van der Waals surface area contributed by atoms with E-state index in [0.29, 0.717) is 17.9 Å². The van der Waals surface area contributed by atoms with E-state index in [0.717, 1.165) is 5.56 Å². The van der Waals surface area contributed by atoms with Crippen molar-refractivity contribution < 1.29 is 4.79 Å². The number of aromatic nitrogens is 2. The summed E-state index contributed by atoms with van der Waals surface area (Å²) in [5.41, 5.74) is 7.16. The number of benzene rings is 1. The van der Waals surface area contributed by atoms with Gasteiger partial charge in [0.05, 0.1) is 6.42 Å². The second-order valence-electron chi connectivity index (χ2n) is 3.56. The standard InChI is InChI=1S/C12H12N4O/c13-10-3-1-9(2-4-10)7-12(17)16-11-5-6-14-8-15-11/h1-6,8H,7,13H2,(H,14,15,16,17). The van der Waals surface area contributed by atoms with E-state index in [4.69, 9.17) is 5.73 Å². The number of hydrogen-bond donors (Lipinski definition) is 2. The lowest BCUT2D eigenvalue weighted by molar-refractivity contribution is -0.115. The molecular formula is C12H12N4O. The molecule has 5 heteroatoms. The van der Waals surface area contributed by atoms with Crippen molar-refractivity contribution in [2.24, 2.45) is 0 Å². The first kappa shape index (κ1) is 11.1. The van der Waals surface area contributed by atoms with Crippen molar-refractivity contribution in [2.75, 3.05) is 11.1 Å². The predicted molar refractivity (Wildman–Crippen MR) is 65.2 cm³/mol. The first-order valence-electron chi connectivity index (χ1n) is 5.14. The number of nitrogens with two attached hydrogens (primary N) is 1. The van der Waals surface area contributed by atoms with Crippen molar-refractivity contribution in [3.05, 3.63) is 48.4 Å². The molecule has 0 radical (unpaired) electrons. The maximum Gasteiger partial charge on any atom is 0.229 e. The zero-order valence-corrected chi connectivity index (χ0v) is 9.13. The van der Waals surface area contributed by atoms with Crippen LogP contribution in [0.4, 0.5) is 11.5 Å². The molecule has 1 aromatic carbocycles. The highest BCUT2D eigenvalue weighted by Gasteiger charge is 2.04. The number of nitrogens with zero attached hydrogens (tertiary/aromatic N) is 2. The summed E-state index contributed by atoms with van der Waals surface area (Å²) >= 11 is 0. The monoisotopic (exact) mass is 228 g/mol. The summed E-state index contributed by atoms with van der Waals surface area (Å²) < 4.78 is 0. The largest absolute Gasteiger partial charge is 0.399 e. The van der Waals surface area contributed by atoms with Crippen LogP contribution in [0.15, 0.2) is 42.9 Å². The molecule has 1 heterocycles. The highest BCUT2D eigenvalue weighted by atomic mass is 16.1. The number of hydrogen-bond acceptors (Lipinski definition) is 4. The minimum absolute atomic E-state index is 0.117. The Kier molecular flexibility index (Phi) is 3.30. The van der Waals surface area contributed by atoms with Gasteiger partial charge in [0.2, 0.25) is 5.91 Å². The molecule has 0 fully saturated rings. The van der Waals surface area contributed by atoms with E-state index in [9.17, 15) is 4.79 Å². The lowest BCUT2D eigenvalue weighted by atomic mass is 10.1. The zero-order chi connectivity index (χ0) is 12.1. The Labute approximate surface area is 98.7 Å². The van der Waals surface area contributed by atoms with Gasteiger partial charge in [-0.3, -0.25) is 4.79 Å². The Hall–Kier alpha value is -2.43. The summed E-state index contributed by atoms with van der Waals surface area (Å²) in [7, 11) is 0. The van der Waals surface area contributed by atoms with Crippen LogP contribution in [-0.2, 0) is 11.2 Å². The Morgan fingerprint density at radius 3 is 2.65 bits per heavy atom. The molecule has 1 aromatic heterocycles. The highest BCUT2D eigenvalue weighted by molar-refractivity contribution is 5.91. The van der Waals surface area contributed by atoms with Gasteiger partial charge in [0.1, 0.15) is 12.1 Å². The van der Waals surface area contributed by atoms with Crippen molar-refractivity contribution in [3.63, 3.8) is 0 Å². The number of amides is 1. The molecule has 0 bridgehead atoms. The normalized spacial score (nSPS) is 9.88. The minimum atomic E-state index is -0.117. The van der Waals surface area contributed by atoms with E-state index >= 15 is 0 Å². The summed E-state index contributed by atoms with van der Waals surface area (Å²) in [6.45, 7) is 0. The molecule has 0 saturated carbocycles. The van der Waals surface area contributed by atoms with E-state index < -0.39 is 0 Å². The van der Waals surface area contributed by atoms with Gasteiger partial charge in [-0.2, -0.15) is 0 Å². The van der Waals surface area contributed by atoms with Crippen molar-refractivity contribution in [3.8, 4) is 0 Å². The third-order valence-electron chi connectivity index (χ3n) is 2.19. The smallest absolute Gasteiger partial charge is 0.229 e. The molecule has 2 rings (SSSR count). The fourth-order valence-corrected chi connectivity index (χ4v) is 1.37. The average Bonchev–Trinajstić information content (AvgIpc) is 2.33. The molecule has 0 spiro atoms. The van der Waals surface area contributed by atoms with Crippen LogP contribution in [0, 0.1) is 0 Å². The van der Waals surface area contributed by atoms with Crippen molar-refractivity contribution >= 4 is 17.4 Å². The summed E-state index contributed by atoms with van der Waals surface area (Å²) in [6, 6.07) is 8.84. The van der Waals surface area contributed by atoms with Crippen LogP contribution in [0.2, 0.25) is 0 Å². The van der Waals surface area contributed by atoms with Gasteiger partial charge in [-0.25, -0.2) is 9.97 Å². The van der Waals surface area contributed by atoms with Crippen LogP contribution < -0.4 is 11.1 Å². The summed E-state index contributed by atoms with van der Waals surface area (Å²) in [4.78, 5) is 19.3. The number of carbonyl (C=O) groups is 1. The first-order valence-corrected chi connectivity index (χ1v) is 5.14. The second-order valence-corrected chi connectivity index (χ2v) is 3.56. The Bertz CT molecular complexity index is 496. The van der Waals surface area contributed by atoms with Crippen LogP contribution in [0.1, 0.15) is 5.56 Å². The van der Waals surface area contributed by atoms with Gasteiger partial charge in [-0.1, -0.05) is 12.1 Å². The van der Waals surface area contributed by atoms with Crippen molar-refractivity contribution in [1.82, 2.24) is 9.97 Å². The van der Waals surface area contributed by atoms with Gasteiger partial charge < -0.3 is 11.1 Å². The fourth-order valence-electron chi connectivity index (χ4n) is 1.37. The van der Waals surface area contributed by atoms with Crippen LogP contribution >= 0.6 is 0 Å². The topological polar surface area (TPSA) is 80.9 Å². The summed E-state index contributed by atoms with van der Waals surface area (Å²) in [5, 5.41) is 2.68. The molecule has 2 aromatic rings. The van der Waals surface area contributed by atoms with Gasteiger partial charge >= 0.3 is 0 Å². The van der Waals surface area contributed by atoms with Crippen molar-refractivity contribution in [1.29, 1.82) is 0 Å². The number of nitrogens with one attached hydrogen (secondary N) is 1. The van der Waals surface area contributed by atoms with Gasteiger partial charge in [0.15, 0.2) is 0 Å². The SMILES string of the molecule is Nc1ccc(CC(=O)Nc2ccncn2)cc1. The highest BCUT2D eigenvalue weighted by Crippen LogP contribution is 2.07. The number of carbonyl (C=O) groups excluding carboxylic acids is 1. The maximum atomic E-state index is 11.7. The molecule has 86 valence electrons. The average molecular weight is 228 g/mol. The molecular weight excluding hydrogens is 216 g/mol. The van der Waals surface area contributed by atoms with E-state index in [-0.39, 0.29) is 5.91 Å². The molecule has 0 saturated heterocycles. The zero-order valence-electron chi connectivity index (χ0n) is 9.13. The molecule has 0 aliphatic heterocycles. The van der Waals surface area contributed by atoms with Gasteiger partial charge in [0.25, 0.3) is 0 Å². The predicted octanol–water partition coefficient (Wildman–Crippen LogP) is 1.24. The quantitative estimate of drug-likeness (QED) is 0.774. The molecule has 0 unspecified atom stereocenters. The van der Waals surface area contributed by atoms with E-state index in [1.807, 2.05) is 12.1 Å². The lowest BCUT2D eigenvalue weighted by Gasteiger charge is -2.04. The Balaban J connectivity index is 1.96. The molecule has 17 heavy (non-hydrogen) atoms. The third kappa shape index (κ3) is 3.27. The number of nitrogen functional groups attached to an aromatic ring is 1. The molecule has 0 aliphatic rings. The molecule has 0 atom stereocenters. The Morgan fingerprint density at radius 1 is 1.24 bits per heavy atom. The van der Waals surface area contributed by atoms with Crippen LogP contribution in [0.5, 0.6) is 0 Å². The van der Waals surface area contributed by atoms with Crippen molar-refractivity contribution in [2.45, 2.75) is 6.42 Å². The van der Waals surface area contributed by atoms with Crippen LogP contribution in [-0.4, -0.2) is 15.9 Å². The number of rotatable bonds is 3. The second kappa shape index (κ2) is 5.07. The minimum Gasteiger partial charge on any atom is -0.399 e. The molecule has 1 amide bonds. The third-order valence-corrected chi connectivity index (χ3v) is 2.19. The molecule has 3 N–H and O–H groups in total.